The molecule has 0 heterocycles. The number of nitrogens with one attached hydrogen (secondary N) is 1. The van der Waals surface area contributed by atoms with E-state index >= 15 is 0 Å². The molecule has 29 heavy (non-hydrogen) atoms. The van der Waals surface area contributed by atoms with Crippen LogP contribution in [0.1, 0.15) is 48.7 Å². The second-order valence-electron chi connectivity index (χ2n) is 6.85. The highest BCUT2D eigenvalue weighted by atomic mass is 35.5. The van der Waals surface area contributed by atoms with E-state index in [0.29, 0.717) is 17.0 Å². The van der Waals surface area contributed by atoms with Crippen LogP contribution in [0.15, 0.2) is 53.4 Å². The zero-order valence-corrected chi connectivity index (χ0v) is 18.3. The highest BCUT2D eigenvalue weighted by molar-refractivity contribution is 7.89. The molecular weight excluding hydrogens is 412 g/mol. The third-order valence-corrected chi connectivity index (χ3v) is 6.68. The first-order valence-corrected chi connectivity index (χ1v) is 11.0. The van der Waals surface area contributed by atoms with Crippen molar-refractivity contribution < 1.29 is 18.0 Å². The van der Waals surface area contributed by atoms with E-state index in [0.717, 1.165) is 5.56 Å². The van der Waals surface area contributed by atoms with Gasteiger partial charge in [0.25, 0.3) is 0 Å². The van der Waals surface area contributed by atoms with Crippen LogP contribution >= 0.6 is 11.6 Å². The van der Waals surface area contributed by atoms with Crippen molar-refractivity contribution in [3.05, 3.63) is 64.7 Å². The number of sulfonamides is 1. The molecule has 0 aliphatic rings. The third-order valence-electron chi connectivity index (χ3n) is 4.57. The lowest BCUT2D eigenvalue weighted by Crippen LogP contribution is -2.30. The summed E-state index contributed by atoms with van der Waals surface area (Å²) in [6.07, 6.45) is 0.587. The maximum Gasteiger partial charge on any atom is 0.242 e. The Labute approximate surface area is 176 Å². The average Bonchev–Trinajstić information content (AvgIpc) is 2.67. The fourth-order valence-electron chi connectivity index (χ4n) is 2.80. The van der Waals surface area contributed by atoms with Gasteiger partial charge in [0.15, 0.2) is 5.78 Å². The van der Waals surface area contributed by atoms with Gasteiger partial charge >= 0.3 is 0 Å². The minimum Gasteiger partial charge on any atom is -0.350 e. The summed E-state index contributed by atoms with van der Waals surface area (Å²) in [7, 11) is -2.20. The predicted molar refractivity (Wildman–Crippen MR) is 114 cm³/mol. The number of rotatable bonds is 9. The zero-order valence-electron chi connectivity index (χ0n) is 16.7. The largest absolute Gasteiger partial charge is 0.350 e. The number of Topliss-reactive ketones (excluding diaryl/α,β-unsaturated/α-hetero) is 1. The van der Waals surface area contributed by atoms with Crippen LogP contribution in [0.5, 0.6) is 0 Å². The number of ketones is 1. The van der Waals surface area contributed by atoms with Crippen LogP contribution in [0.4, 0.5) is 0 Å². The molecule has 1 atom stereocenters. The smallest absolute Gasteiger partial charge is 0.242 e. The average molecular weight is 437 g/mol. The van der Waals surface area contributed by atoms with Gasteiger partial charge in [0.2, 0.25) is 15.9 Å². The van der Waals surface area contributed by atoms with Crippen molar-refractivity contribution in [1.29, 1.82) is 0 Å². The molecule has 0 bridgehead atoms. The van der Waals surface area contributed by atoms with Crippen LogP contribution in [0, 0.1) is 0 Å². The summed E-state index contributed by atoms with van der Waals surface area (Å²) in [6, 6.07) is 12.9. The van der Waals surface area contributed by atoms with Gasteiger partial charge in [-0.1, -0.05) is 35.9 Å². The lowest BCUT2D eigenvalue weighted by Gasteiger charge is -2.18. The van der Waals surface area contributed by atoms with E-state index in [1.54, 1.807) is 12.1 Å². The van der Waals surface area contributed by atoms with Gasteiger partial charge in [-0.3, -0.25) is 9.59 Å². The van der Waals surface area contributed by atoms with Crippen molar-refractivity contribution in [3.8, 4) is 0 Å². The Morgan fingerprint density at radius 3 is 2.38 bits per heavy atom. The summed E-state index contributed by atoms with van der Waals surface area (Å²) in [5.41, 5.74) is 1.36. The van der Waals surface area contributed by atoms with Crippen LogP contribution in [0.2, 0.25) is 5.02 Å². The van der Waals surface area contributed by atoms with Gasteiger partial charge in [0.05, 0.1) is 10.9 Å². The molecule has 2 rings (SSSR count). The van der Waals surface area contributed by atoms with Crippen LogP contribution < -0.4 is 5.32 Å². The number of hydrogen-bond acceptors (Lipinski definition) is 4. The van der Waals surface area contributed by atoms with Crippen LogP contribution in [0.25, 0.3) is 0 Å². The highest BCUT2D eigenvalue weighted by Gasteiger charge is 2.21. The molecule has 0 radical (unpaired) electrons. The van der Waals surface area contributed by atoms with Crippen molar-refractivity contribution >= 4 is 33.3 Å². The molecule has 0 saturated carbocycles. The monoisotopic (exact) mass is 436 g/mol. The number of carbonyl (C=O) groups is 2. The van der Waals surface area contributed by atoms with E-state index in [9.17, 15) is 18.0 Å². The molecule has 2 aromatic rings. The summed E-state index contributed by atoms with van der Waals surface area (Å²) >= 11 is 5.97. The maximum absolute atomic E-state index is 12.6. The van der Waals surface area contributed by atoms with E-state index in [1.165, 1.54) is 42.5 Å². The molecule has 8 heteroatoms. The molecule has 0 aromatic heterocycles. The van der Waals surface area contributed by atoms with Crippen molar-refractivity contribution in [3.63, 3.8) is 0 Å². The Morgan fingerprint density at radius 1 is 1.14 bits per heavy atom. The summed E-state index contributed by atoms with van der Waals surface area (Å²) < 4.78 is 26.4. The summed E-state index contributed by atoms with van der Waals surface area (Å²) in [4.78, 5) is 23.6. The molecule has 0 saturated heterocycles. The van der Waals surface area contributed by atoms with Gasteiger partial charge in [-0.15, -0.1) is 0 Å². The maximum atomic E-state index is 12.6. The van der Waals surface area contributed by atoms with E-state index in [4.69, 9.17) is 11.6 Å². The molecular formula is C21H25ClN2O4S. The number of amides is 1. The zero-order chi connectivity index (χ0) is 21.6. The van der Waals surface area contributed by atoms with Gasteiger partial charge in [0, 0.05) is 30.6 Å². The predicted octanol–water partition coefficient (Wildman–Crippen LogP) is 3.82. The summed E-state index contributed by atoms with van der Waals surface area (Å²) in [5.74, 6) is -0.283. The van der Waals surface area contributed by atoms with Gasteiger partial charge in [-0.2, -0.15) is 0 Å². The van der Waals surface area contributed by atoms with Gasteiger partial charge in [-0.05, 0) is 50.1 Å². The summed E-state index contributed by atoms with van der Waals surface area (Å²) in [6.45, 7) is 3.49. The second-order valence-corrected chi connectivity index (χ2v) is 9.34. The molecule has 1 amide bonds. The Morgan fingerprint density at radius 2 is 1.79 bits per heavy atom. The van der Waals surface area contributed by atoms with Gasteiger partial charge in [0.1, 0.15) is 0 Å². The minimum absolute atomic E-state index is 0.115. The molecule has 2 aromatic carbocycles. The van der Waals surface area contributed by atoms with Crippen LogP contribution in [-0.2, 0) is 14.8 Å². The number of nitrogens with zero attached hydrogens (tertiary/aromatic N) is 1. The number of halogens is 1. The van der Waals surface area contributed by atoms with Crippen LogP contribution in [0.3, 0.4) is 0 Å². The van der Waals surface area contributed by atoms with E-state index in [2.05, 4.69) is 5.32 Å². The molecule has 0 aliphatic carbocycles. The second kappa shape index (κ2) is 10.0. The molecule has 0 fully saturated rings. The Balaban J connectivity index is 1.87. The quantitative estimate of drug-likeness (QED) is 0.605. The standard InChI is InChI=1S/C21H25ClN2O4S/c1-15(18-6-4-7-19(22)14-18)23-21(26)8-5-13-24(3)29(27,28)20-11-9-17(10-12-20)16(2)25/h4,6-7,9-12,14-15H,5,8,13H2,1-3H3,(H,23,26)/t15-/m1/s1. The molecule has 0 spiro atoms. The fraction of sp³-hybridized carbons (Fsp3) is 0.333. The number of carbonyl (C=O) groups excluding carboxylic acids is 2. The molecule has 156 valence electrons. The van der Waals surface area contributed by atoms with Crippen molar-refractivity contribution in [2.45, 2.75) is 37.6 Å². The molecule has 0 unspecified atom stereocenters. The third kappa shape index (κ3) is 6.39. The lowest BCUT2D eigenvalue weighted by molar-refractivity contribution is -0.121. The first kappa shape index (κ1) is 23.1. The number of benzene rings is 2. The Bertz CT molecular complexity index is 974. The first-order chi connectivity index (χ1) is 13.6. The van der Waals surface area contributed by atoms with Gasteiger partial charge < -0.3 is 5.32 Å². The Kier molecular flexibility index (Phi) is 7.96. The Hall–Kier alpha value is -2.22. The highest BCUT2D eigenvalue weighted by Crippen LogP contribution is 2.18. The van der Waals surface area contributed by atoms with Crippen molar-refractivity contribution in [1.82, 2.24) is 9.62 Å². The lowest BCUT2D eigenvalue weighted by atomic mass is 10.1. The van der Waals surface area contributed by atoms with E-state index in [-0.39, 0.29) is 35.6 Å². The topological polar surface area (TPSA) is 83.6 Å². The molecule has 6 nitrogen and oxygen atoms in total. The summed E-state index contributed by atoms with van der Waals surface area (Å²) in [5, 5.41) is 3.49. The van der Waals surface area contributed by atoms with Crippen molar-refractivity contribution in [2.75, 3.05) is 13.6 Å². The van der Waals surface area contributed by atoms with E-state index in [1.807, 2.05) is 19.1 Å². The van der Waals surface area contributed by atoms with Gasteiger partial charge in [-0.25, -0.2) is 12.7 Å². The van der Waals surface area contributed by atoms with Crippen LogP contribution in [-0.4, -0.2) is 38.0 Å². The SMILES string of the molecule is CC(=O)c1ccc(S(=O)(=O)N(C)CCCC(=O)N[C@H](C)c2cccc(Cl)c2)cc1. The van der Waals surface area contributed by atoms with Crippen molar-refractivity contribution in [2.24, 2.45) is 0 Å². The minimum atomic E-state index is -3.67. The first-order valence-electron chi connectivity index (χ1n) is 9.23. The fourth-order valence-corrected chi connectivity index (χ4v) is 4.21. The molecule has 1 N–H and O–H groups in total. The normalized spacial score (nSPS) is 12.6. The van der Waals surface area contributed by atoms with E-state index < -0.39 is 10.0 Å². The molecule has 0 aliphatic heterocycles. The number of hydrogen-bond donors (Lipinski definition) is 1.